The Morgan fingerprint density at radius 1 is 1.15 bits per heavy atom. The summed E-state index contributed by atoms with van der Waals surface area (Å²) in [4.78, 5) is 0. The van der Waals surface area contributed by atoms with Crippen molar-refractivity contribution in [3.63, 3.8) is 0 Å². The summed E-state index contributed by atoms with van der Waals surface area (Å²) in [6.07, 6.45) is 0.571. The van der Waals surface area contributed by atoms with Gasteiger partial charge in [-0.3, -0.25) is 0 Å². The van der Waals surface area contributed by atoms with E-state index in [1.165, 1.54) is 0 Å². The Labute approximate surface area is 120 Å². The van der Waals surface area contributed by atoms with Crippen LogP contribution in [0.15, 0.2) is 0 Å². The van der Waals surface area contributed by atoms with Gasteiger partial charge in [-0.15, -0.1) is 0 Å². The number of halogens is 3. The van der Waals surface area contributed by atoms with Crippen LogP contribution in [0.2, 0.25) is 0 Å². The molecule has 120 valence electrons. The molecular weight excluding hydrogens is 267 g/mol. The Morgan fingerprint density at radius 3 is 2.35 bits per heavy atom. The van der Waals surface area contributed by atoms with Crippen molar-refractivity contribution in [2.45, 2.75) is 65.1 Å². The van der Waals surface area contributed by atoms with Crippen molar-refractivity contribution in [2.24, 2.45) is 23.0 Å². The maximum Gasteiger partial charge on any atom is 0.411 e. The average Bonchev–Trinajstić information content (AvgIpc) is 2.28. The highest BCUT2D eigenvalue weighted by Gasteiger charge is 2.34. The summed E-state index contributed by atoms with van der Waals surface area (Å²) in [6, 6.07) is 0.191. The highest BCUT2D eigenvalue weighted by Crippen LogP contribution is 2.41. The standard InChI is InChI=1S/C15H28F3NO/c1-14(2,3)12-6-7-13(19)11(9-12)5-4-8-20-10-15(16,17)18/h11-13H,4-10,19H2,1-3H3. The molecule has 0 saturated heterocycles. The smallest absolute Gasteiger partial charge is 0.372 e. The number of alkyl halides is 3. The van der Waals surface area contributed by atoms with E-state index in [9.17, 15) is 13.2 Å². The van der Waals surface area contributed by atoms with Crippen molar-refractivity contribution in [1.82, 2.24) is 0 Å². The van der Waals surface area contributed by atoms with Gasteiger partial charge in [0.15, 0.2) is 0 Å². The van der Waals surface area contributed by atoms with Gasteiger partial charge in [0.2, 0.25) is 0 Å². The maximum atomic E-state index is 11.9. The quantitative estimate of drug-likeness (QED) is 0.774. The fourth-order valence-electron chi connectivity index (χ4n) is 3.04. The zero-order valence-corrected chi connectivity index (χ0v) is 12.8. The number of hydrogen-bond acceptors (Lipinski definition) is 2. The van der Waals surface area contributed by atoms with Crippen LogP contribution in [0.1, 0.15) is 52.9 Å². The molecule has 3 atom stereocenters. The largest absolute Gasteiger partial charge is 0.411 e. The molecule has 0 aromatic carbocycles. The zero-order chi connectivity index (χ0) is 15.4. The number of hydrogen-bond donors (Lipinski definition) is 1. The van der Waals surface area contributed by atoms with Crippen LogP contribution in [0, 0.1) is 17.3 Å². The van der Waals surface area contributed by atoms with Crippen LogP contribution >= 0.6 is 0 Å². The Balaban J connectivity index is 2.27. The molecule has 0 spiro atoms. The molecule has 1 saturated carbocycles. The lowest BCUT2D eigenvalue weighted by molar-refractivity contribution is -0.174. The SMILES string of the molecule is CC(C)(C)C1CCC(N)C(CCCOCC(F)(F)F)C1. The minimum Gasteiger partial charge on any atom is -0.372 e. The van der Waals surface area contributed by atoms with Crippen LogP contribution in [0.4, 0.5) is 13.2 Å². The monoisotopic (exact) mass is 295 g/mol. The van der Waals surface area contributed by atoms with Gasteiger partial charge >= 0.3 is 6.18 Å². The predicted octanol–water partition coefficient (Wildman–Crippen LogP) is 4.14. The van der Waals surface area contributed by atoms with E-state index in [0.29, 0.717) is 18.3 Å². The Hall–Kier alpha value is -0.290. The zero-order valence-electron chi connectivity index (χ0n) is 12.8. The fourth-order valence-corrected chi connectivity index (χ4v) is 3.04. The van der Waals surface area contributed by atoms with Gasteiger partial charge in [0.05, 0.1) is 0 Å². The molecule has 2 nitrogen and oxygen atoms in total. The first-order valence-electron chi connectivity index (χ1n) is 7.49. The molecule has 5 heteroatoms. The molecule has 1 aliphatic rings. The Morgan fingerprint density at radius 2 is 1.80 bits per heavy atom. The summed E-state index contributed by atoms with van der Waals surface area (Å²) in [5, 5.41) is 0. The second-order valence-electron chi connectivity index (χ2n) is 7.11. The minimum atomic E-state index is -4.22. The summed E-state index contributed by atoms with van der Waals surface area (Å²) >= 11 is 0. The van der Waals surface area contributed by atoms with E-state index >= 15 is 0 Å². The van der Waals surface area contributed by atoms with Gasteiger partial charge in [0, 0.05) is 12.6 Å². The van der Waals surface area contributed by atoms with Gasteiger partial charge in [0.25, 0.3) is 0 Å². The van der Waals surface area contributed by atoms with Crippen LogP contribution in [-0.2, 0) is 4.74 Å². The third-order valence-electron chi connectivity index (χ3n) is 4.40. The predicted molar refractivity (Wildman–Crippen MR) is 74.4 cm³/mol. The summed E-state index contributed by atoms with van der Waals surface area (Å²) in [5.41, 5.74) is 6.43. The van der Waals surface area contributed by atoms with Crippen LogP contribution in [0.25, 0.3) is 0 Å². The summed E-state index contributed by atoms with van der Waals surface area (Å²) in [6.45, 7) is 5.77. The number of nitrogens with two attached hydrogens (primary N) is 1. The van der Waals surface area contributed by atoms with Crippen molar-refractivity contribution in [2.75, 3.05) is 13.2 Å². The van der Waals surface area contributed by atoms with E-state index in [4.69, 9.17) is 5.73 Å². The van der Waals surface area contributed by atoms with Crippen molar-refractivity contribution in [3.8, 4) is 0 Å². The fraction of sp³-hybridized carbons (Fsp3) is 1.00. The van der Waals surface area contributed by atoms with Gasteiger partial charge in [-0.1, -0.05) is 20.8 Å². The second kappa shape index (κ2) is 7.12. The Kier molecular flexibility index (Phi) is 6.32. The number of ether oxygens (including phenoxy) is 1. The molecule has 20 heavy (non-hydrogen) atoms. The van der Waals surface area contributed by atoms with Gasteiger partial charge in [-0.2, -0.15) is 13.2 Å². The van der Waals surface area contributed by atoms with Crippen molar-refractivity contribution < 1.29 is 17.9 Å². The topological polar surface area (TPSA) is 35.2 Å². The minimum absolute atomic E-state index is 0.170. The molecule has 0 amide bonds. The molecule has 0 aromatic rings. The van der Waals surface area contributed by atoms with Gasteiger partial charge < -0.3 is 10.5 Å². The molecule has 1 aliphatic carbocycles. The van der Waals surface area contributed by atoms with Crippen LogP contribution < -0.4 is 5.73 Å². The lowest BCUT2D eigenvalue weighted by Crippen LogP contribution is -2.39. The summed E-state index contributed by atoms with van der Waals surface area (Å²) in [7, 11) is 0. The first kappa shape index (κ1) is 17.8. The first-order valence-corrected chi connectivity index (χ1v) is 7.49. The molecule has 0 radical (unpaired) electrons. The van der Waals surface area contributed by atoms with E-state index < -0.39 is 12.8 Å². The molecule has 1 rings (SSSR count). The van der Waals surface area contributed by atoms with Crippen molar-refractivity contribution in [1.29, 1.82) is 0 Å². The van der Waals surface area contributed by atoms with Crippen LogP contribution in [-0.4, -0.2) is 25.4 Å². The molecule has 0 aliphatic heterocycles. The lowest BCUT2D eigenvalue weighted by atomic mass is 9.67. The van der Waals surface area contributed by atoms with Crippen LogP contribution in [0.5, 0.6) is 0 Å². The first-order chi connectivity index (χ1) is 9.09. The molecule has 0 bridgehead atoms. The average molecular weight is 295 g/mol. The third-order valence-corrected chi connectivity index (χ3v) is 4.40. The summed E-state index contributed by atoms with van der Waals surface area (Å²) in [5.74, 6) is 1.07. The Bertz CT molecular complexity index is 286. The summed E-state index contributed by atoms with van der Waals surface area (Å²) < 4.78 is 40.5. The van der Waals surface area contributed by atoms with E-state index in [2.05, 4.69) is 25.5 Å². The van der Waals surface area contributed by atoms with E-state index in [0.717, 1.165) is 25.7 Å². The highest BCUT2D eigenvalue weighted by molar-refractivity contribution is 4.87. The van der Waals surface area contributed by atoms with E-state index in [-0.39, 0.29) is 18.1 Å². The van der Waals surface area contributed by atoms with Gasteiger partial charge in [0.1, 0.15) is 6.61 Å². The normalized spacial score (nSPS) is 28.6. The number of rotatable bonds is 5. The van der Waals surface area contributed by atoms with E-state index in [1.807, 2.05) is 0 Å². The highest BCUT2D eigenvalue weighted by atomic mass is 19.4. The molecule has 1 fully saturated rings. The lowest BCUT2D eigenvalue weighted by Gasteiger charge is -2.40. The van der Waals surface area contributed by atoms with Gasteiger partial charge in [-0.25, -0.2) is 0 Å². The molecule has 0 heterocycles. The van der Waals surface area contributed by atoms with E-state index in [1.54, 1.807) is 0 Å². The van der Waals surface area contributed by atoms with Gasteiger partial charge in [-0.05, 0) is 49.4 Å². The molecular formula is C15H28F3NO. The maximum absolute atomic E-state index is 11.9. The van der Waals surface area contributed by atoms with Crippen molar-refractivity contribution >= 4 is 0 Å². The third kappa shape index (κ3) is 6.44. The second-order valence-corrected chi connectivity index (χ2v) is 7.11. The van der Waals surface area contributed by atoms with Crippen LogP contribution in [0.3, 0.4) is 0 Å². The molecule has 2 N–H and O–H groups in total. The molecule has 3 unspecified atom stereocenters. The van der Waals surface area contributed by atoms with Crippen molar-refractivity contribution in [3.05, 3.63) is 0 Å². The molecule has 0 aromatic heterocycles.